The lowest BCUT2D eigenvalue weighted by molar-refractivity contribution is 0.403. The fourth-order valence-electron chi connectivity index (χ4n) is 2.64. The third-order valence-corrected chi connectivity index (χ3v) is 4.06. The molecule has 2 fully saturated rings. The highest BCUT2D eigenvalue weighted by molar-refractivity contribution is 5.16. The van der Waals surface area contributed by atoms with Gasteiger partial charge in [-0.1, -0.05) is 12.1 Å². The van der Waals surface area contributed by atoms with Gasteiger partial charge in [0.25, 0.3) is 0 Å². The van der Waals surface area contributed by atoms with Crippen LogP contribution in [0.1, 0.15) is 31.2 Å². The molecule has 0 saturated heterocycles. The summed E-state index contributed by atoms with van der Waals surface area (Å²) in [5.41, 5.74) is 1.83. The summed E-state index contributed by atoms with van der Waals surface area (Å²) >= 11 is 0. The topological polar surface area (TPSA) is 12.0 Å². The molecule has 0 aliphatic heterocycles. The van der Waals surface area contributed by atoms with E-state index in [-0.39, 0.29) is 5.82 Å². The molecule has 1 N–H and O–H groups in total. The summed E-state index contributed by atoms with van der Waals surface area (Å²) < 4.78 is 12.7. The molecule has 2 aliphatic rings. The molecule has 2 heteroatoms. The smallest absolute Gasteiger partial charge is 0.123 e. The summed E-state index contributed by atoms with van der Waals surface area (Å²) in [6.07, 6.45) is 5.71. The highest BCUT2D eigenvalue weighted by Gasteiger charge is 2.53. The van der Waals surface area contributed by atoms with Gasteiger partial charge in [-0.05, 0) is 54.7 Å². The molecule has 86 valence electrons. The Bertz CT molecular complexity index is 363. The van der Waals surface area contributed by atoms with Crippen molar-refractivity contribution in [2.75, 3.05) is 6.54 Å². The van der Waals surface area contributed by atoms with E-state index in [0.717, 1.165) is 19.0 Å². The third kappa shape index (κ3) is 2.12. The zero-order chi connectivity index (χ0) is 11.0. The maximum atomic E-state index is 12.7. The number of halogens is 1. The van der Waals surface area contributed by atoms with Crippen molar-refractivity contribution in [2.45, 2.75) is 32.2 Å². The molecular weight excluding hydrogens is 201 g/mol. The van der Waals surface area contributed by atoms with Crippen molar-refractivity contribution in [2.24, 2.45) is 11.3 Å². The highest BCUT2D eigenvalue weighted by Crippen LogP contribution is 2.60. The Kier molecular flexibility index (Phi) is 2.47. The van der Waals surface area contributed by atoms with Crippen molar-refractivity contribution in [1.82, 2.24) is 5.32 Å². The fraction of sp³-hybridized carbons (Fsp3) is 0.571. The van der Waals surface area contributed by atoms with Crippen LogP contribution in [0.4, 0.5) is 4.39 Å². The van der Waals surface area contributed by atoms with Gasteiger partial charge >= 0.3 is 0 Å². The van der Waals surface area contributed by atoms with E-state index in [1.807, 2.05) is 12.1 Å². The van der Waals surface area contributed by atoms with Crippen LogP contribution in [0.15, 0.2) is 24.3 Å². The molecule has 0 aromatic heterocycles. The van der Waals surface area contributed by atoms with Crippen molar-refractivity contribution < 1.29 is 4.39 Å². The minimum absolute atomic E-state index is 0.152. The summed E-state index contributed by atoms with van der Waals surface area (Å²) in [7, 11) is 0. The SMILES string of the molecule is Fc1ccc(CNCC2(C3CC3)CC2)cc1. The van der Waals surface area contributed by atoms with Crippen LogP contribution in [0.2, 0.25) is 0 Å². The molecule has 0 heterocycles. The molecule has 3 rings (SSSR count). The van der Waals surface area contributed by atoms with Gasteiger partial charge in [0.15, 0.2) is 0 Å². The Morgan fingerprint density at radius 2 is 1.88 bits per heavy atom. The van der Waals surface area contributed by atoms with E-state index in [1.54, 1.807) is 0 Å². The van der Waals surface area contributed by atoms with Crippen LogP contribution in [0.3, 0.4) is 0 Å². The second-order valence-corrected chi connectivity index (χ2v) is 5.37. The van der Waals surface area contributed by atoms with E-state index in [9.17, 15) is 4.39 Å². The lowest BCUT2D eigenvalue weighted by atomic mass is 10.0. The van der Waals surface area contributed by atoms with Crippen molar-refractivity contribution in [3.63, 3.8) is 0 Å². The average Bonchev–Trinajstić information content (AvgIpc) is 3.15. The minimum atomic E-state index is -0.152. The van der Waals surface area contributed by atoms with Crippen LogP contribution < -0.4 is 5.32 Å². The van der Waals surface area contributed by atoms with Crippen molar-refractivity contribution >= 4 is 0 Å². The predicted octanol–water partition coefficient (Wildman–Crippen LogP) is 3.11. The number of rotatable bonds is 5. The van der Waals surface area contributed by atoms with E-state index < -0.39 is 0 Å². The van der Waals surface area contributed by atoms with Crippen LogP contribution >= 0.6 is 0 Å². The van der Waals surface area contributed by atoms with Gasteiger partial charge in [-0.15, -0.1) is 0 Å². The first kappa shape index (κ1) is 10.3. The summed E-state index contributed by atoms with van der Waals surface area (Å²) in [5.74, 6) is 0.855. The summed E-state index contributed by atoms with van der Waals surface area (Å²) in [5, 5.41) is 3.52. The Morgan fingerprint density at radius 3 is 2.44 bits per heavy atom. The number of hydrogen-bond donors (Lipinski definition) is 1. The van der Waals surface area contributed by atoms with Gasteiger partial charge in [0.2, 0.25) is 0 Å². The largest absolute Gasteiger partial charge is 0.312 e. The molecule has 0 atom stereocenters. The molecule has 16 heavy (non-hydrogen) atoms. The zero-order valence-electron chi connectivity index (χ0n) is 9.51. The number of nitrogens with one attached hydrogen (secondary N) is 1. The van der Waals surface area contributed by atoms with E-state index in [2.05, 4.69) is 5.32 Å². The van der Waals surface area contributed by atoms with Crippen LogP contribution in [0, 0.1) is 17.2 Å². The monoisotopic (exact) mass is 219 g/mol. The Hall–Kier alpha value is -0.890. The van der Waals surface area contributed by atoms with E-state index >= 15 is 0 Å². The molecule has 2 aliphatic carbocycles. The number of hydrogen-bond acceptors (Lipinski definition) is 1. The molecular formula is C14H18FN. The molecule has 1 aromatic carbocycles. The van der Waals surface area contributed by atoms with Gasteiger partial charge in [-0.2, -0.15) is 0 Å². The fourth-order valence-corrected chi connectivity index (χ4v) is 2.64. The van der Waals surface area contributed by atoms with Gasteiger partial charge in [-0.25, -0.2) is 4.39 Å². The minimum Gasteiger partial charge on any atom is -0.312 e. The maximum absolute atomic E-state index is 12.7. The van der Waals surface area contributed by atoms with Gasteiger partial charge in [0.05, 0.1) is 0 Å². The van der Waals surface area contributed by atoms with E-state index in [0.29, 0.717) is 5.41 Å². The Labute approximate surface area is 96.1 Å². The molecule has 0 amide bonds. The van der Waals surface area contributed by atoms with Gasteiger partial charge in [0, 0.05) is 13.1 Å². The number of benzene rings is 1. The zero-order valence-corrected chi connectivity index (χ0v) is 9.51. The van der Waals surface area contributed by atoms with Crippen molar-refractivity contribution in [3.05, 3.63) is 35.6 Å². The second-order valence-electron chi connectivity index (χ2n) is 5.37. The van der Waals surface area contributed by atoms with E-state index in [1.165, 1.54) is 43.4 Å². The highest BCUT2D eigenvalue weighted by atomic mass is 19.1. The third-order valence-electron chi connectivity index (χ3n) is 4.06. The maximum Gasteiger partial charge on any atom is 0.123 e. The average molecular weight is 219 g/mol. The normalized spacial score (nSPS) is 22.1. The summed E-state index contributed by atoms with van der Waals surface area (Å²) in [6.45, 7) is 2.02. The first-order valence-corrected chi connectivity index (χ1v) is 6.24. The first-order valence-electron chi connectivity index (χ1n) is 6.24. The van der Waals surface area contributed by atoms with Crippen LogP contribution in [-0.2, 0) is 6.54 Å². The molecule has 2 saturated carbocycles. The molecule has 1 nitrogen and oxygen atoms in total. The molecule has 0 unspecified atom stereocenters. The molecule has 0 bridgehead atoms. The van der Waals surface area contributed by atoms with Crippen LogP contribution in [0.25, 0.3) is 0 Å². The predicted molar refractivity (Wildman–Crippen MR) is 62.5 cm³/mol. The lowest BCUT2D eigenvalue weighted by Gasteiger charge is -2.14. The van der Waals surface area contributed by atoms with E-state index in [4.69, 9.17) is 0 Å². The van der Waals surface area contributed by atoms with Crippen molar-refractivity contribution in [1.29, 1.82) is 0 Å². The lowest BCUT2D eigenvalue weighted by Crippen LogP contribution is -2.24. The second kappa shape index (κ2) is 3.85. The first-order chi connectivity index (χ1) is 7.78. The van der Waals surface area contributed by atoms with Crippen LogP contribution in [-0.4, -0.2) is 6.54 Å². The standard InChI is InChI=1S/C14H18FN/c15-13-5-1-11(2-6-13)9-16-10-14(7-8-14)12-3-4-12/h1-2,5-6,12,16H,3-4,7-10H2. The van der Waals surface area contributed by atoms with Gasteiger partial charge in [0.1, 0.15) is 5.82 Å². The molecule has 0 radical (unpaired) electrons. The van der Waals surface area contributed by atoms with Gasteiger partial charge in [-0.3, -0.25) is 0 Å². The summed E-state index contributed by atoms with van der Waals surface area (Å²) in [6, 6.07) is 6.79. The quantitative estimate of drug-likeness (QED) is 0.802. The van der Waals surface area contributed by atoms with Crippen LogP contribution in [0.5, 0.6) is 0 Å². The van der Waals surface area contributed by atoms with Crippen molar-refractivity contribution in [3.8, 4) is 0 Å². The Morgan fingerprint density at radius 1 is 1.19 bits per heavy atom. The Balaban J connectivity index is 1.48. The van der Waals surface area contributed by atoms with Gasteiger partial charge < -0.3 is 5.32 Å². The molecule has 1 aromatic rings. The summed E-state index contributed by atoms with van der Waals surface area (Å²) in [4.78, 5) is 0. The molecule has 0 spiro atoms.